The number of carbonyl (C=O) groups excluding carboxylic acids is 1. The molecule has 5 atom stereocenters. The van der Waals surface area contributed by atoms with Crippen LogP contribution < -0.4 is 39.4 Å². The molecule has 1 heterocycles. The van der Waals surface area contributed by atoms with E-state index in [9.17, 15) is 30.3 Å². The molecule has 1 aliphatic rings. The van der Waals surface area contributed by atoms with Crippen LogP contribution in [0.2, 0.25) is 0 Å². The van der Waals surface area contributed by atoms with Crippen LogP contribution in [0.25, 0.3) is 10.8 Å². The Hall–Kier alpha value is -1.39. The first-order chi connectivity index (χ1) is 11.4. The molecular weight excluding hydrogens is 343 g/mol. The van der Waals surface area contributed by atoms with Crippen LogP contribution in [-0.4, -0.2) is 57.1 Å². The third-order valence-electron chi connectivity index (χ3n) is 3.87. The van der Waals surface area contributed by atoms with E-state index in [1.165, 1.54) is 12.1 Å². The fourth-order valence-corrected chi connectivity index (χ4v) is 2.57. The molecule has 0 spiro atoms. The van der Waals surface area contributed by atoms with E-state index in [1.54, 1.807) is 24.3 Å². The Balaban J connectivity index is 0.00000225. The monoisotopic (exact) mass is 358 g/mol. The molecule has 5 unspecified atom stereocenters. The SMILES string of the molecule is O=C([O-])C1OC(Oc2cc3ccccc3cc2O)C(O)C(O)C1O.[Na+]. The summed E-state index contributed by atoms with van der Waals surface area (Å²) >= 11 is 0. The molecule has 4 N–H and O–H groups in total. The number of carboxylic acid groups (broad SMARTS) is 1. The molecule has 2 aromatic rings. The summed E-state index contributed by atoms with van der Waals surface area (Å²) < 4.78 is 10.3. The molecule has 0 radical (unpaired) electrons. The summed E-state index contributed by atoms with van der Waals surface area (Å²) in [5, 5.41) is 51.7. The Morgan fingerprint density at radius 2 is 1.64 bits per heavy atom. The van der Waals surface area contributed by atoms with Crippen molar-refractivity contribution >= 4 is 16.7 Å². The zero-order chi connectivity index (χ0) is 17.4. The van der Waals surface area contributed by atoms with Crippen molar-refractivity contribution in [2.45, 2.75) is 30.7 Å². The first-order valence-electron chi connectivity index (χ1n) is 7.17. The van der Waals surface area contributed by atoms with E-state index in [-0.39, 0.29) is 41.1 Å². The topological polar surface area (TPSA) is 140 Å². The number of rotatable bonds is 3. The van der Waals surface area contributed by atoms with Gasteiger partial charge in [-0.15, -0.1) is 0 Å². The molecule has 128 valence electrons. The minimum absolute atomic E-state index is 0. The Morgan fingerprint density at radius 3 is 2.24 bits per heavy atom. The van der Waals surface area contributed by atoms with Gasteiger partial charge in [0.05, 0.1) is 5.97 Å². The minimum Gasteiger partial charge on any atom is -0.547 e. The zero-order valence-electron chi connectivity index (χ0n) is 13.3. The van der Waals surface area contributed by atoms with Crippen LogP contribution in [0.15, 0.2) is 36.4 Å². The number of phenols is 1. The standard InChI is InChI=1S/C16H16O8.Na/c17-9-5-7-3-1-2-4-8(7)6-10(9)23-16-13(20)11(18)12(19)14(24-16)15(21)22;/h1-6,11-14,16-20H,(H,21,22);/q;+1/p-1. The van der Waals surface area contributed by atoms with Crippen molar-refractivity contribution in [1.29, 1.82) is 0 Å². The normalized spacial score (nSPS) is 29.0. The van der Waals surface area contributed by atoms with Crippen molar-refractivity contribution < 1.29 is 69.4 Å². The van der Waals surface area contributed by atoms with Gasteiger partial charge in [0.1, 0.15) is 24.4 Å². The van der Waals surface area contributed by atoms with Gasteiger partial charge in [0.15, 0.2) is 11.5 Å². The Bertz CT molecular complexity index is 767. The molecule has 1 aliphatic heterocycles. The summed E-state index contributed by atoms with van der Waals surface area (Å²) in [7, 11) is 0. The first-order valence-corrected chi connectivity index (χ1v) is 7.17. The molecule has 0 aromatic heterocycles. The van der Waals surface area contributed by atoms with Gasteiger partial charge in [-0.05, 0) is 22.9 Å². The summed E-state index contributed by atoms with van der Waals surface area (Å²) in [4.78, 5) is 11.0. The Labute approximate surface area is 164 Å². The molecule has 0 saturated carbocycles. The van der Waals surface area contributed by atoms with Crippen molar-refractivity contribution in [2.75, 3.05) is 0 Å². The number of aliphatic carboxylic acids is 1. The third-order valence-corrected chi connectivity index (χ3v) is 3.87. The van der Waals surface area contributed by atoms with E-state index < -0.39 is 36.7 Å². The number of hydrogen-bond donors (Lipinski definition) is 4. The second-order valence-corrected chi connectivity index (χ2v) is 5.50. The second-order valence-electron chi connectivity index (χ2n) is 5.50. The van der Waals surface area contributed by atoms with Gasteiger partial charge >= 0.3 is 29.6 Å². The van der Waals surface area contributed by atoms with Crippen LogP contribution in [0.4, 0.5) is 0 Å². The predicted octanol–water partition coefficient (Wildman–Crippen LogP) is -4.51. The van der Waals surface area contributed by atoms with Crippen molar-refractivity contribution in [3.05, 3.63) is 36.4 Å². The number of phenolic OH excluding ortho intramolecular Hbond substituents is 1. The molecule has 0 aliphatic carbocycles. The molecular formula is C16H15NaO8. The summed E-state index contributed by atoms with van der Waals surface area (Å²) in [6, 6.07) is 10.0. The van der Waals surface area contributed by atoms with E-state index in [0.29, 0.717) is 0 Å². The number of aliphatic hydroxyl groups excluding tert-OH is 3. The molecule has 2 aromatic carbocycles. The molecule has 1 fully saturated rings. The average Bonchev–Trinajstić information content (AvgIpc) is 2.55. The maximum absolute atomic E-state index is 11.0. The van der Waals surface area contributed by atoms with Crippen LogP contribution in [0.1, 0.15) is 0 Å². The summed E-state index contributed by atoms with van der Waals surface area (Å²) in [6.45, 7) is 0. The molecule has 1 saturated heterocycles. The van der Waals surface area contributed by atoms with Crippen LogP contribution >= 0.6 is 0 Å². The van der Waals surface area contributed by atoms with Gasteiger partial charge in [0, 0.05) is 0 Å². The number of ether oxygens (including phenoxy) is 2. The van der Waals surface area contributed by atoms with Gasteiger partial charge in [-0.25, -0.2) is 0 Å². The number of fused-ring (bicyclic) bond motifs is 1. The fraction of sp³-hybridized carbons (Fsp3) is 0.312. The van der Waals surface area contributed by atoms with Gasteiger partial charge in [-0.2, -0.15) is 0 Å². The van der Waals surface area contributed by atoms with Gasteiger partial charge < -0.3 is 39.8 Å². The number of benzene rings is 2. The van der Waals surface area contributed by atoms with E-state index in [1.807, 2.05) is 0 Å². The number of hydrogen-bond acceptors (Lipinski definition) is 8. The fourth-order valence-electron chi connectivity index (χ4n) is 2.57. The molecule has 9 heteroatoms. The largest absolute Gasteiger partial charge is 1.00 e. The van der Waals surface area contributed by atoms with Crippen molar-refractivity contribution in [1.82, 2.24) is 0 Å². The van der Waals surface area contributed by atoms with E-state index in [4.69, 9.17) is 9.47 Å². The van der Waals surface area contributed by atoms with Gasteiger partial charge in [-0.3, -0.25) is 0 Å². The number of aromatic hydroxyl groups is 1. The number of carboxylic acids is 1. The Kier molecular flexibility index (Phi) is 6.28. The third kappa shape index (κ3) is 3.90. The molecule has 0 bridgehead atoms. The van der Waals surface area contributed by atoms with Gasteiger partial charge in [-0.1, -0.05) is 24.3 Å². The maximum atomic E-state index is 11.0. The predicted molar refractivity (Wildman–Crippen MR) is 77.9 cm³/mol. The second kappa shape index (κ2) is 7.88. The summed E-state index contributed by atoms with van der Waals surface area (Å²) in [6.07, 6.45) is -8.89. The van der Waals surface area contributed by atoms with E-state index >= 15 is 0 Å². The van der Waals surface area contributed by atoms with Gasteiger partial charge in [0.25, 0.3) is 0 Å². The van der Waals surface area contributed by atoms with Crippen molar-refractivity contribution in [3.63, 3.8) is 0 Å². The quantitative estimate of drug-likeness (QED) is 0.403. The Morgan fingerprint density at radius 1 is 1.04 bits per heavy atom. The van der Waals surface area contributed by atoms with Gasteiger partial charge in [0.2, 0.25) is 6.29 Å². The van der Waals surface area contributed by atoms with E-state index in [0.717, 1.165) is 10.8 Å². The molecule has 0 amide bonds. The molecule has 25 heavy (non-hydrogen) atoms. The zero-order valence-corrected chi connectivity index (χ0v) is 15.3. The minimum atomic E-state index is -1.88. The first kappa shape index (κ1) is 19.9. The van der Waals surface area contributed by atoms with Crippen LogP contribution in [-0.2, 0) is 9.53 Å². The average molecular weight is 358 g/mol. The summed E-state index contributed by atoms with van der Waals surface area (Å²) in [5.41, 5.74) is 0. The van der Waals surface area contributed by atoms with Crippen LogP contribution in [0, 0.1) is 0 Å². The molecule has 8 nitrogen and oxygen atoms in total. The van der Waals surface area contributed by atoms with Crippen molar-refractivity contribution in [3.8, 4) is 11.5 Å². The smallest absolute Gasteiger partial charge is 0.547 e. The summed E-state index contributed by atoms with van der Waals surface area (Å²) in [5.74, 6) is -2.08. The van der Waals surface area contributed by atoms with Crippen LogP contribution in [0.5, 0.6) is 11.5 Å². The van der Waals surface area contributed by atoms with Crippen LogP contribution in [0.3, 0.4) is 0 Å². The van der Waals surface area contributed by atoms with E-state index in [2.05, 4.69) is 0 Å². The number of aliphatic hydroxyl groups is 3. The number of carbonyl (C=O) groups is 1. The maximum Gasteiger partial charge on any atom is 1.00 e. The molecule has 3 rings (SSSR count). The van der Waals surface area contributed by atoms with Crippen molar-refractivity contribution in [2.24, 2.45) is 0 Å².